The Morgan fingerprint density at radius 1 is 1.38 bits per heavy atom. The van der Waals surface area contributed by atoms with Gasteiger partial charge in [0.15, 0.2) is 0 Å². The van der Waals surface area contributed by atoms with Crippen LogP contribution in [-0.4, -0.2) is 18.8 Å². The summed E-state index contributed by atoms with van der Waals surface area (Å²) in [6.07, 6.45) is 0.520. The second-order valence-corrected chi connectivity index (χ2v) is 4.40. The molecule has 1 unspecified atom stereocenters. The number of methoxy groups -OCH3 is 1. The lowest BCUT2D eigenvalue weighted by Crippen LogP contribution is -2.26. The predicted molar refractivity (Wildman–Crippen MR) is 65.7 cm³/mol. The standard InChI is InChI=1S/C13H21NO2/c1-9-5-6-11(12(16-4)10(9)2)13(3,15)7-8-14/h5-6,15H,7-8,14H2,1-4H3. The molecule has 90 valence electrons. The van der Waals surface area contributed by atoms with E-state index >= 15 is 0 Å². The Bertz CT molecular complexity index is 372. The summed E-state index contributed by atoms with van der Waals surface area (Å²) >= 11 is 0. The van der Waals surface area contributed by atoms with E-state index in [2.05, 4.69) is 0 Å². The van der Waals surface area contributed by atoms with Gasteiger partial charge in [-0.25, -0.2) is 0 Å². The average Bonchev–Trinajstić information content (AvgIpc) is 2.21. The van der Waals surface area contributed by atoms with Crippen LogP contribution in [0, 0.1) is 13.8 Å². The summed E-state index contributed by atoms with van der Waals surface area (Å²) < 4.78 is 5.39. The predicted octanol–water partition coefficient (Wildman–Crippen LogP) is 1.87. The summed E-state index contributed by atoms with van der Waals surface area (Å²) in [6.45, 7) is 6.24. The fourth-order valence-corrected chi connectivity index (χ4v) is 1.89. The van der Waals surface area contributed by atoms with E-state index in [1.165, 1.54) is 0 Å². The monoisotopic (exact) mass is 223 g/mol. The van der Waals surface area contributed by atoms with Crippen molar-refractivity contribution in [3.63, 3.8) is 0 Å². The fraction of sp³-hybridized carbons (Fsp3) is 0.538. The van der Waals surface area contributed by atoms with E-state index in [1.54, 1.807) is 14.0 Å². The minimum absolute atomic E-state index is 0.447. The zero-order chi connectivity index (χ0) is 12.3. The molecule has 0 bridgehead atoms. The number of benzene rings is 1. The number of hydrogen-bond acceptors (Lipinski definition) is 3. The van der Waals surface area contributed by atoms with Crippen molar-refractivity contribution in [2.75, 3.05) is 13.7 Å². The lowest BCUT2D eigenvalue weighted by molar-refractivity contribution is 0.0477. The molecule has 0 aliphatic heterocycles. The van der Waals surface area contributed by atoms with E-state index < -0.39 is 5.60 Å². The smallest absolute Gasteiger partial charge is 0.128 e. The number of nitrogens with two attached hydrogens (primary N) is 1. The van der Waals surface area contributed by atoms with Crippen LogP contribution in [0.3, 0.4) is 0 Å². The van der Waals surface area contributed by atoms with Crippen molar-refractivity contribution < 1.29 is 9.84 Å². The first-order valence-corrected chi connectivity index (χ1v) is 5.51. The van der Waals surface area contributed by atoms with Crippen LogP contribution in [-0.2, 0) is 5.60 Å². The quantitative estimate of drug-likeness (QED) is 0.819. The van der Waals surface area contributed by atoms with Crippen LogP contribution < -0.4 is 10.5 Å². The van der Waals surface area contributed by atoms with Crippen molar-refractivity contribution in [3.8, 4) is 5.75 Å². The third kappa shape index (κ3) is 2.36. The van der Waals surface area contributed by atoms with Gasteiger partial charge in [-0.1, -0.05) is 12.1 Å². The van der Waals surface area contributed by atoms with Crippen molar-refractivity contribution in [3.05, 3.63) is 28.8 Å². The van der Waals surface area contributed by atoms with E-state index in [0.29, 0.717) is 13.0 Å². The largest absolute Gasteiger partial charge is 0.496 e. The second kappa shape index (κ2) is 4.85. The molecule has 1 aromatic carbocycles. The molecule has 0 aromatic heterocycles. The van der Waals surface area contributed by atoms with Gasteiger partial charge in [0.05, 0.1) is 12.7 Å². The summed E-state index contributed by atoms with van der Waals surface area (Å²) in [6, 6.07) is 3.91. The Morgan fingerprint density at radius 3 is 2.50 bits per heavy atom. The second-order valence-electron chi connectivity index (χ2n) is 4.40. The molecular formula is C13H21NO2. The van der Waals surface area contributed by atoms with E-state index in [-0.39, 0.29) is 0 Å². The Balaban J connectivity index is 3.28. The van der Waals surface area contributed by atoms with Gasteiger partial charge in [0.25, 0.3) is 0 Å². The first-order chi connectivity index (χ1) is 7.44. The van der Waals surface area contributed by atoms with Gasteiger partial charge >= 0.3 is 0 Å². The maximum Gasteiger partial charge on any atom is 0.128 e. The van der Waals surface area contributed by atoms with Crippen molar-refractivity contribution in [1.82, 2.24) is 0 Å². The highest BCUT2D eigenvalue weighted by Gasteiger charge is 2.27. The van der Waals surface area contributed by atoms with Gasteiger partial charge in [-0.05, 0) is 44.9 Å². The lowest BCUT2D eigenvalue weighted by atomic mass is 9.89. The maximum absolute atomic E-state index is 10.4. The Morgan fingerprint density at radius 2 is 2.00 bits per heavy atom. The Hall–Kier alpha value is -1.06. The Kier molecular flexibility index (Phi) is 3.94. The minimum Gasteiger partial charge on any atom is -0.496 e. The van der Waals surface area contributed by atoms with Crippen molar-refractivity contribution in [2.24, 2.45) is 5.73 Å². The molecule has 3 N–H and O–H groups in total. The van der Waals surface area contributed by atoms with Gasteiger partial charge in [0, 0.05) is 5.56 Å². The van der Waals surface area contributed by atoms with Crippen LogP contribution in [0.5, 0.6) is 5.75 Å². The van der Waals surface area contributed by atoms with Crippen molar-refractivity contribution in [1.29, 1.82) is 0 Å². The highest BCUT2D eigenvalue weighted by atomic mass is 16.5. The molecule has 0 heterocycles. The third-order valence-electron chi connectivity index (χ3n) is 3.09. The molecule has 3 nitrogen and oxygen atoms in total. The molecular weight excluding hydrogens is 202 g/mol. The maximum atomic E-state index is 10.4. The summed E-state index contributed by atoms with van der Waals surface area (Å²) in [5.74, 6) is 0.762. The zero-order valence-corrected chi connectivity index (χ0v) is 10.5. The molecule has 0 amide bonds. The molecule has 0 radical (unpaired) electrons. The minimum atomic E-state index is -0.932. The van der Waals surface area contributed by atoms with E-state index in [9.17, 15) is 5.11 Å². The van der Waals surface area contributed by atoms with Crippen molar-refractivity contribution >= 4 is 0 Å². The molecule has 1 rings (SSSR count). The van der Waals surface area contributed by atoms with Crippen LogP contribution in [0.25, 0.3) is 0 Å². The number of hydrogen-bond donors (Lipinski definition) is 2. The van der Waals surface area contributed by atoms with E-state index in [0.717, 1.165) is 22.4 Å². The van der Waals surface area contributed by atoms with Crippen LogP contribution in [0.1, 0.15) is 30.0 Å². The highest BCUT2D eigenvalue weighted by molar-refractivity contribution is 5.47. The number of ether oxygens (including phenoxy) is 1. The van der Waals surface area contributed by atoms with E-state index in [4.69, 9.17) is 10.5 Å². The van der Waals surface area contributed by atoms with E-state index in [1.807, 2.05) is 26.0 Å². The lowest BCUT2D eigenvalue weighted by Gasteiger charge is -2.26. The summed E-state index contributed by atoms with van der Waals surface area (Å²) in [5, 5.41) is 10.4. The normalized spacial score (nSPS) is 14.6. The molecule has 0 aliphatic rings. The molecule has 16 heavy (non-hydrogen) atoms. The molecule has 1 aromatic rings. The van der Waals surface area contributed by atoms with Crippen LogP contribution in [0.4, 0.5) is 0 Å². The van der Waals surface area contributed by atoms with Crippen LogP contribution in [0.15, 0.2) is 12.1 Å². The SMILES string of the molecule is COc1c(C(C)(O)CCN)ccc(C)c1C. The summed E-state index contributed by atoms with van der Waals surface area (Å²) in [4.78, 5) is 0. The number of aryl methyl sites for hydroxylation is 1. The molecule has 0 saturated heterocycles. The first-order valence-electron chi connectivity index (χ1n) is 5.51. The fourth-order valence-electron chi connectivity index (χ4n) is 1.89. The van der Waals surface area contributed by atoms with Crippen LogP contribution >= 0.6 is 0 Å². The summed E-state index contributed by atoms with van der Waals surface area (Å²) in [7, 11) is 1.63. The van der Waals surface area contributed by atoms with Gasteiger partial charge < -0.3 is 15.6 Å². The van der Waals surface area contributed by atoms with Crippen molar-refractivity contribution in [2.45, 2.75) is 32.8 Å². The number of aliphatic hydroxyl groups is 1. The zero-order valence-electron chi connectivity index (χ0n) is 10.5. The third-order valence-corrected chi connectivity index (χ3v) is 3.09. The van der Waals surface area contributed by atoms with Gasteiger partial charge in [-0.3, -0.25) is 0 Å². The number of rotatable bonds is 4. The van der Waals surface area contributed by atoms with Gasteiger partial charge in [0.1, 0.15) is 5.75 Å². The highest BCUT2D eigenvalue weighted by Crippen LogP contribution is 2.35. The van der Waals surface area contributed by atoms with Gasteiger partial charge in [-0.15, -0.1) is 0 Å². The molecule has 0 aliphatic carbocycles. The van der Waals surface area contributed by atoms with Crippen LogP contribution in [0.2, 0.25) is 0 Å². The topological polar surface area (TPSA) is 55.5 Å². The van der Waals surface area contributed by atoms with Gasteiger partial charge in [-0.2, -0.15) is 0 Å². The Labute approximate surface area is 97.2 Å². The average molecular weight is 223 g/mol. The molecule has 3 heteroatoms. The molecule has 0 fully saturated rings. The molecule has 0 saturated carbocycles. The summed E-state index contributed by atoms with van der Waals surface area (Å²) in [5.41, 5.74) is 7.61. The van der Waals surface area contributed by atoms with Gasteiger partial charge in [0.2, 0.25) is 0 Å². The molecule has 0 spiro atoms. The molecule has 1 atom stereocenters. The first kappa shape index (κ1) is 13.0.